The lowest BCUT2D eigenvalue weighted by atomic mass is 10.2. The number of hydrogen-bond donors (Lipinski definition) is 1. The third kappa shape index (κ3) is 3.58. The summed E-state index contributed by atoms with van der Waals surface area (Å²) in [5, 5.41) is 7.75. The Morgan fingerprint density at radius 2 is 2.12 bits per heavy atom. The fourth-order valence-electron chi connectivity index (χ4n) is 2.55. The SMILES string of the molecule is Cc1oc(-c2cccs2)nc1CC(=O)Nc1cccc(-c2nccs2)c1. The first kappa shape index (κ1) is 16.7. The van der Waals surface area contributed by atoms with Crippen molar-refractivity contribution >= 4 is 34.3 Å². The normalized spacial score (nSPS) is 10.8. The van der Waals surface area contributed by atoms with Crippen LogP contribution in [0.3, 0.4) is 0 Å². The van der Waals surface area contributed by atoms with Gasteiger partial charge in [0, 0.05) is 22.8 Å². The molecule has 0 fully saturated rings. The number of aryl methyl sites for hydroxylation is 1. The number of benzene rings is 1. The first-order valence-electron chi connectivity index (χ1n) is 7.99. The Morgan fingerprint density at radius 3 is 2.88 bits per heavy atom. The summed E-state index contributed by atoms with van der Waals surface area (Å²) in [5.41, 5.74) is 2.37. The second-order valence-corrected chi connectivity index (χ2v) is 7.48. The maximum absolute atomic E-state index is 12.4. The van der Waals surface area contributed by atoms with E-state index in [4.69, 9.17) is 4.42 Å². The van der Waals surface area contributed by atoms with Crippen molar-refractivity contribution in [3.63, 3.8) is 0 Å². The summed E-state index contributed by atoms with van der Waals surface area (Å²) in [4.78, 5) is 22.1. The average molecular weight is 381 g/mol. The van der Waals surface area contributed by atoms with Gasteiger partial charge in [-0.15, -0.1) is 22.7 Å². The van der Waals surface area contributed by atoms with Crippen molar-refractivity contribution in [1.82, 2.24) is 9.97 Å². The molecule has 0 spiro atoms. The number of rotatable bonds is 5. The van der Waals surface area contributed by atoms with Gasteiger partial charge in [0.1, 0.15) is 10.8 Å². The minimum Gasteiger partial charge on any atom is -0.440 e. The predicted molar refractivity (Wildman–Crippen MR) is 104 cm³/mol. The largest absolute Gasteiger partial charge is 0.440 e. The highest BCUT2D eigenvalue weighted by Crippen LogP contribution is 2.27. The summed E-state index contributed by atoms with van der Waals surface area (Å²) in [6, 6.07) is 11.6. The van der Waals surface area contributed by atoms with Gasteiger partial charge in [-0.25, -0.2) is 9.97 Å². The molecular formula is C19H15N3O2S2. The molecule has 4 rings (SSSR count). The highest BCUT2D eigenvalue weighted by molar-refractivity contribution is 7.13. The number of carbonyl (C=O) groups excluding carboxylic acids is 1. The quantitative estimate of drug-likeness (QED) is 0.527. The van der Waals surface area contributed by atoms with Crippen LogP contribution in [0.15, 0.2) is 57.8 Å². The van der Waals surface area contributed by atoms with Gasteiger partial charge in [-0.05, 0) is 30.5 Å². The lowest BCUT2D eigenvalue weighted by Crippen LogP contribution is -2.15. The molecule has 0 unspecified atom stereocenters. The minimum absolute atomic E-state index is 0.129. The summed E-state index contributed by atoms with van der Waals surface area (Å²) in [6.07, 6.45) is 1.94. The van der Waals surface area contributed by atoms with Crippen molar-refractivity contribution in [3.05, 3.63) is 64.8 Å². The number of thiophene rings is 1. The molecule has 0 aliphatic rings. The van der Waals surface area contributed by atoms with Gasteiger partial charge in [0.15, 0.2) is 0 Å². The molecule has 26 heavy (non-hydrogen) atoms. The van der Waals surface area contributed by atoms with Gasteiger partial charge in [0.25, 0.3) is 0 Å². The maximum Gasteiger partial charge on any atom is 0.236 e. The van der Waals surface area contributed by atoms with Crippen LogP contribution in [0.5, 0.6) is 0 Å². The van der Waals surface area contributed by atoms with Crippen molar-refractivity contribution in [2.45, 2.75) is 13.3 Å². The average Bonchev–Trinajstić information content (AvgIpc) is 3.37. The molecule has 0 radical (unpaired) electrons. The highest BCUT2D eigenvalue weighted by atomic mass is 32.1. The van der Waals surface area contributed by atoms with E-state index in [0.29, 0.717) is 17.3 Å². The molecule has 1 amide bonds. The van der Waals surface area contributed by atoms with E-state index in [0.717, 1.165) is 21.1 Å². The number of aromatic nitrogens is 2. The zero-order valence-corrected chi connectivity index (χ0v) is 15.6. The van der Waals surface area contributed by atoms with Crippen LogP contribution in [0, 0.1) is 6.92 Å². The lowest BCUT2D eigenvalue weighted by Gasteiger charge is -2.06. The second-order valence-electron chi connectivity index (χ2n) is 5.64. The Bertz CT molecular complexity index is 1020. The van der Waals surface area contributed by atoms with Gasteiger partial charge in [-0.3, -0.25) is 4.79 Å². The van der Waals surface area contributed by atoms with Gasteiger partial charge in [0.05, 0.1) is 17.0 Å². The van der Waals surface area contributed by atoms with Crippen LogP contribution in [0.25, 0.3) is 21.3 Å². The van der Waals surface area contributed by atoms with Crippen LogP contribution < -0.4 is 5.32 Å². The Hall–Kier alpha value is -2.77. The van der Waals surface area contributed by atoms with Crippen LogP contribution in [0.4, 0.5) is 5.69 Å². The predicted octanol–water partition coefficient (Wildman–Crippen LogP) is 5.02. The Morgan fingerprint density at radius 1 is 1.19 bits per heavy atom. The monoisotopic (exact) mass is 381 g/mol. The van der Waals surface area contributed by atoms with E-state index in [2.05, 4.69) is 15.3 Å². The molecule has 1 aromatic carbocycles. The molecule has 0 atom stereocenters. The topological polar surface area (TPSA) is 68.0 Å². The standard InChI is InChI=1S/C19H15N3O2S2/c1-12-15(22-18(24-12)16-6-3-8-25-16)11-17(23)21-14-5-2-4-13(10-14)19-20-7-9-26-19/h2-10H,11H2,1H3,(H,21,23). The van der Waals surface area contributed by atoms with Gasteiger partial charge in [0.2, 0.25) is 11.8 Å². The smallest absolute Gasteiger partial charge is 0.236 e. The van der Waals surface area contributed by atoms with Crippen molar-refractivity contribution in [2.24, 2.45) is 0 Å². The zero-order chi connectivity index (χ0) is 17.9. The molecule has 3 aromatic heterocycles. The molecule has 0 aliphatic carbocycles. The van der Waals surface area contributed by atoms with Crippen molar-refractivity contribution in [1.29, 1.82) is 0 Å². The summed E-state index contributed by atoms with van der Waals surface area (Å²) in [5.74, 6) is 1.10. The molecule has 7 heteroatoms. The van der Waals surface area contributed by atoms with Crippen LogP contribution in [-0.2, 0) is 11.2 Å². The van der Waals surface area contributed by atoms with Gasteiger partial charge in [-0.2, -0.15) is 0 Å². The molecule has 5 nitrogen and oxygen atoms in total. The van der Waals surface area contributed by atoms with E-state index in [1.165, 1.54) is 0 Å². The van der Waals surface area contributed by atoms with Gasteiger partial charge >= 0.3 is 0 Å². The Balaban J connectivity index is 1.47. The molecule has 0 aliphatic heterocycles. The fourth-order valence-corrected chi connectivity index (χ4v) is 3.84. The number of oxazole rings is 1. The fraction of sp³-hybridized carbons (Fsp3) is 0.105. The summed E-state index contributed by atoms with van der Waals surface area (Å²) >= 11 is 3.12. The first-order chi connectivity index (χ1) is 12.7. The Labute approximate surface area is 158 Å². The van der Waals surface area contributed by atoms with E-state index in [9.17, 15) is 4.79 Å². The highest BCUT2D eigenvalue weighted by Gasteiger charge is 2.15. The maximum atomic E-state index is 12.4. The summed E-state index contributed by atoms with van der Waals surface area (Å²) in [7, 11) is 0. The molecule has 130 valence electrons. The van der Waals surface area contributed by atoms with E-state index in [1.54, 1.807) is 28.9 Å². The number of amides is 1. The number of hydrogen-bond acceptors (Lipinski definition) is 6. The number of thiazole rings is 1. The molecule has 1 N–H and O–H groups in total. The molecule has 0 saturated carbocycles. The van der Waals surface area contributed by atoms with E-state index < -0.39 is 0 Å². The van der Waals surface area contributed by atoms with E-state index in [-0.39, 0.29) is 12.3 Å². The number of anilines is 1. The molecule has 3 heterocycles. The van der Waals surface area contributed by atoms with E-state index >= 15 is 0 Å². The van der Waals surface area contributed by atoms with Crippen molar-refractivity contribution < 1.29 is 9.21 Å². The van der Waals surface area contributed by atoms with E-state index in [1.807, 2.05) is 54.1 Å². The van der Waals surface area contributed by atoms with Gasteiger partial charge < -0.3 is 9.73 Å². The molecular weight excluding hydrogens is 366 g/mol. The molecule has 4 aromatic rings. The van der Waals surface area contributed by atoms with Crippen molar-refractivity contribution in [2.75, 3.05) is 5.32 Å². The third-order valence-electron chi connectivity index (χ3n) is 3.78. The first-order valence-corrected chi connectivity index (χ1v) is 9.75. The molecule has 0 saturated heterocycles. The minimum atomic E-state index is -0.129. The van der Waals surface area contributed by atoms with Crippen molar-refractivity contribution in [3.8, 4) is 21.3 Å². The second kappa shape index (κ2) is 7.23. The number of nitrogens with zero attached hydrogens (tertiary/aromatic N) is 2. The van der Waals surface area contributed by atoms with Gasteiger partial charge in [-0.1, -0.05) is 18.2 Å². The van der Waals surface area contributed by atoms with Crippen LogP contribution in [0.2, 0.25) is 0 Å². The summed E-state index contributed by atoms with van der Waals surface area (Å²) < 4.78 is 5.69. The number of carbonyl (C=O) groups is 1. The Kier molecular flexibility index (Phi) is 4.64. The van der Waals surface area contributed by atoms with Crippen LogP contribution in [0.1, 0.15) is 11.5 Å². The zero-order valence-electron chi connectivity index (χ0n) is 13.9. The number of nitrogens with one attached hydrogen (secondary N) is 1. The summed E-state index contributed by atoms with van der Waals surface area (Å²) in [6.45, 7) is 1.83. The van der Waals surface area contributed by atoms with Crippen LogP contribution >= 0.6 is 22.7 Å². The molecule has 0 bridgehead atoms. The van der Waals surface area contributed by atoms with Crippen LogP contribution in [-0.4, -0.2) is 15.9 Å². The lowest BCUT2D eigenvalue weighted by molar-refractivity contribution is -0.115. The third-order valence-corrected chi connectivity index (χ3v) is 5.46.